The Morgan fingerprint density at radius 2 is 2.19 bits per heavy atom. The summed E-state index contributed by atoms with van der Waals surface area (Å²) in [7, 11) is 0. The Kier molecular flexibility index (Phi) is 5.99. The highest BCUT2D eigenvalue weighted by molar-refractivity contribution is 7.99. The molecule has 0 aliphatic rings. The average molecular weight is 234 g/mol. The Bertz CT molecular complexity index is 357. The molecule has 0 aliphatic carbocycles. The molecule has 1 aromatic rings. The SMILES string of the molecule is CCSCC(C)NCc1ccccc1C#N. The molecule has 0 spiro atoms. The predicted octanol–water partition coefficient (Wildman–Crippen LogP) is 2.79. The first-order chi connectivity index (χ1) is 7.77. The molecule has 0 saturated carbocycles. The molecule has 0 amide bonds. The summed E-state index contributed by atoms with van der Waals surface area (Å²) in [5, 5.41) is 12.4. The fraction of sp³-hybridized carbons (Fsp3) is 0.462. The third kappa shape index (κ3) is 4.26. The summed E-state index contributed by atoms with van der Waals surface area (Å²) in [6.45, 7) is 5.12. The summed E-state index contributed by atoms with van der Waals surface area (Å²) >= 11 is 1.93. The number of hydrogen-bond donors (Lipinski definition) is 1. The fourth-order valence-electron chi connectivity index (χ4n) is 1.42. The van der Waals surface area contributed by atoms with Crippen LogP contribution in [0.4, 0.5) is 0 Å². The average Bonchev–Trinajstić information content (AvgIpc) is 2.34. The van der Waals surface area contributed by atoms with E-state index in [1.807, 2.05) is 36.0 Å². The van der Waals surface area contributed by atoms with Gasteiger partial charge in [0.2, 0.25) is 0 Å². The summed E-state index contributed by atoms with van der Waals surface area (Å²) in [5.41, 5.74) is 1.85. The highest BCUT2D eigenvalue weighted by atomic mass is 32.2. The molecule has 1 aromatic carbocycles. The monoisotopic (exact) mass is 234 g/mol. The van der Waals surface area contributed by atoms with Crippen molar-refractivity contribution >= 4 is 11.8 Å². The Labute approximate surface area is 102 Å². The maximum Gasteiger partial charge on any atom is 0.0995 e. The van der Waals surface area contributed by atoms with Crippen molar-refractivity contribution in [1.82, 2.24) is 5.32 Å². The lowest BCUT2D eigenvalue weighted by Crippen LogP contribution is -2.28. The lowest BCUT2D eigenvalue weighted by atomic mass is 10.1. The summed E-state index contributed by atoms with van der Waals surface area (Å²) in [6.07, 6.45) is 0. The molecule has 1 atom stereocenters. The van der Waals surface area contributed by atoms with Gasteiger partial charge in [-0.1, -0.05) is 25.1 Å². The Morgan fingerprint density at radius 1 is 1.44 bits per heavy atom. The van der Waals surface area contributed by atoms with E-state index >= 15 is 0 Å². The van der Waals surface area contributed by atoms with Gasteiger partial charge in [0.15, 0.2) is 0 Å². The largest absolute Gasteiger partial charge is 0.309 e. The number of rotatable bonds is 6. The van der Waals surface area contributed by atoms with Crippen LogP contribution in [0.1, 0.15) is 25.0 Å². The lowest BCUT2D eigenvalue weighted by Gasteiger charge is -2.13. The second kappa shape index (κ2) is 7.32. The van der Waals surface area contributed by atoms with Crippen molar-refractivity contribution in [2.24, 2.45) is 0 Å². The molecule has 0 aliphatic heterocycles. The van der Waals surface area contributed by atoms with Crippen molar-refractivity contribution in [2.75, 3.05) is 11.5 Å². The molecule has 3 heteroatoms. The van der Waals surface area contributed by atoms with Gasteiger partial charge in [-0.2, -0.15) is 17.0 Å². The molecule has 2 nitrogen and oxygen atoms in total. The molecular formula is C13H18N2S. The van der Waals surface area contributed by atoms with Crippen LogP contribution >= 0.6 is 11.8 Å². The normalized spacial score (nSPS) is 12.1. The van der Waals surface area contributed by atoms with E-state index in [-0.39, 0.29) is 0 Å². The number of nitriles is 1. The van der Waals surface area contributed by atoms with Crippen molar-refractivity contribution < 1.29 is 0 Å². The molecule has 1 unspecified atom stereocenters. The van der Waals surface area contributed by atoms with E-state index in [9.17, 15) is 0 Å². The predicted molar refractivity (Wildman–Crippen MR) is 70.5 cm³/mol. The fourth-order valence-corrected chi connectivity index (χ4v) is 2.13. The van der Waals surface area contributed by atoms with Gasteiger partial charge in [-0.05, 0) is 24.3 Å². The third-order valence-electron chi connectivity index (χ3n) is 2.35. The van der Waals surface area contributed by atoms with E-state index in [1.54, 1.807) is 0 Å². The van der Waals surface area contributed by atoms with Crippen LogP contribution in [0.25, 0.3) is 0 Å². The summed E-state index contributed by atoms with van der Waals surface area (Å²) in [4.78, 5) is 0. The standard InChI is InChI=1S/C13H18N2S/c1-3-16-10-11(2)15-9-13-7-5-4-6-12(13)8-14/h4-7,11,15H,3,9-10H2,1-2H3. The highest BCUT2D eigenvalue weighted by Crippen LogP contribution is 2.08. The van der Waals surface area contributed by atoms with Crippen LogP contribution in [0, 0.1) is 11.3 Å². The molecule has 0 saturated heterocycles. The van der Waals surface area contributed by atoms with Gasteiger partial charge >= 0.3 is 0 Å². The third-order valence-corrected chi connectivity index (χ3v) is 3.49. The minimum atomic E-state index is 0.483. The van der Waals surface area contributed by atoms with Crippen LogP contribution in [-0.4, -0.2) is 17.5 Å². The molecule has 1 N–H and O–H groups in total. The smallest absolute Gasteiger partial charge is 0.0995 e. The molecule has 86 valence electrons. The van der Waals surface area contributed by atoms with Gasteiger partial charge in [0.25, 0.3) is 0 Å². The highest BCUT2D eigenvalue weighted by Gasteiger charge is 2.03. The van der Waals surface area contributed by atoms with E-state index in [0.29, 0.717) is 6.04 Å². The van der Waals surface area contributed by atoms with Gasteiger partial charge in [-0.15, -0.1) is 0 Å². The van der Waals surface area contributed by atoms with Crippen molar-refractivity contribution in [1.29, 1.82) is 5.26 Å². The molecule has 0 aromatic heterocycles. The molecule has 0 bridgehead atoms. The van der Waals surface area contributed by atoms with Crippen LogP contribution in [0.3, 0.4) is 0 Å². The zero-order chi connectivity index (χ0) is 11.8. The minimum Gasteiger partial charge on any atom is -0.309 e. The second-order valence-electron chi connectivity index (χ2n) is 3.71. The molecule has 0 fully saturated rings. The quantitative estimate of drug-likeness (QED) is 0.822. The second-order valence-corrected chi connectivity index (χ2v) is 5.03. The summed E-state index contributed by atoms with van der Waals surface area (Å²) in [5.74, 6) is 2.27. The summed E-state index contributed by atoms with van der Waals surface area (Å²) in [6, 6.07) is 10.4. The summed E-state index contributed by atoms with van der Waals surface area (Å²) < 4.78 is 0. The van der Waals surface area contributed by atoms with Crippen LogP contribution in [0.2, 0.25) is 0 Å². The lowest BCUT2D eigenvalue weighted by molar-refractivity contribution is 0.595. The first kappa shape index (κ1) is 13.1. The van der Waals surface area contributed by atoms with Crippen LogP contribution in [0.15, 0.2) is 24.3 Å². The van der Waals surface area contributed by atoms with E-state index in [0.717, 1.165) is 29.2 Å². The van der Waals surface area contributed by atoms with E-state index in [4.69, 9.17) is 5.26 Å². The van der Waals surface area contributed by atoms with Crippen LogP contribution in [0.5, 0.6) is 0 Å². The van der Waals surface area contributed by atoms with Gasteiger partial charge in [0.05, 0.1) is 11.6 Å². The molecule has 0 heterocycles. The van der Waals surface area contributed by atoms with Gasteiger partial charge in [0.1, 0.15) is 0 Å². The van der Waals surface area contributed by atoms with Crippen molar-refractivity contribution in [3.63, 3.8) is 0 Å². The van der Waals surface area contributed by atoms with Gasteiger partial charge in [-0.3, -0.25) is 0 Å². The molecule has 1 rings (SSSR count). The van der Waals surface area contributed by atoms with Crippen LogP contribution in [-0.2, 0) is 6.54 Å². The van der Waals surface area contributed by atoms with Crippen molar-refractivity contribution in [3.8, 4) is 6.07 Å². The number of hydrogen-bond acceptors (Lipinski definition) is 3. The zero-order valence-electron chi connectivity index (χ0n) is 9.86. The number of nitrogens with one attached hydrogen (secondary N) is 1. The Morgan fingerprint density at radius 3 is 2.88 bits per heavy atom. The maximum absolute atomic E-state index is 8.94. The van der Waals surface area contributed by atoms with Crippen LogP contribution < -0.4 is 5.32 Å². The molecule has 0 radical (unpaired) electrons. The topological polar surface area (TPSA) is 35.8 Å². The van der Waals surface area contributed by atoms with E-state index in [2.05, 4.69) is 25.2 Å². The Balaban J connectivity index is 2.45. The Hall–Kier alpha value is -0.980. The maximum atomic E-state index is 8.94. The van der Waals surface area contributed by atoms with Gasteiger partial charge < -0.3 is 5.32 Å². The number of benzene rings is 1. The van der Waals surface area contributed by atoms with Crippen molar-refractivity contribution in [3.05, 3.63) is 35.4 Å². The zero-order valence-corrected chi connectivity index (χ0v) is 10.7. The first-order valence-corrected chi connectivity index (χ1v) is 6.72. The minimum absolute atomic E-state index is 0.483. The molecule has 16 heavy (non-hydrogen) atoms. The number of nitrogens with zero attached hydrogens (tertiary/aromatic N) is 1. The molecular weight excluding hydrogens is 216 g/mol. The van der Waals surface area contributed by atoms with E-state index in [1.165, 1.54) is 0 Å². The van der Waals surface area contributed by atoms with E-state index < -0.39 is 0 Å². The number of thioether (sulfide) groups is 1. The van der Waals surface area contributed by atoms with Crippen molar-refractivity contribution in [2.45, 2.75) is 26.4 Å². The first-order valence-electron chi connectivity index (χ1n) is 5.57. The van der Waals surface area contributed by atoms with Gasteiger partial charge in [-0.25, -0.2) is 0 Å². The van der Waals surface area contributed by atoms with Gasteiger partial charge in [0, 0.05) is 18.3 Å².